The Hall–Kier alpha value is -2.36. The molecule has 1 N–H and O–H groups in total. The predicted octanol–water partition coefficient (Wildman–Crippen LogP) is 5.06. The van der Waals surface area contributed by atoms with Crippen LogP contribution in [0.2, 0.25) is 0 Å². The molecule has 154 valence electrons. The van der Waals surface area contributed by atoms with Crippen LogP contribution in [-0.2, 0) is 28.8 Å². The van der Waals surface area contributed by atoms with E-state index in [1.807, 2.05) is 6.92 Å². The number of rotatable bonds is 9. The van der Waals surface area contributed by atoms with Gasteiger partial charge < -0.3 is 10.1 Å². The molecule has 2 aromatic rings. The lowest BCUT2D eigenvalue weighted by Crippen LogP contribution is -2.14. The molecule has 1 fully saturated rings. The van der Waals surface area contributed by atoms with Gasteiger partial charge in [-0.2, -0.15) is 0 Å². The van der Waals surface area contributed by atoms with Gasteiger partial charge >= 0.3 is 5.97 Å². The molecule has 4 heteroatoms. The summed E-state index contributed by atoms with van der Waals surface area (Å²) in [6.07, 6.45) is 8.29. The maximum Gasteiger partial charge on any atom is 0.305 e. The Bertz CT molecular complexity index is 831. The number of benzene rings is 1. The second-order valence-electron chi connectivity index (χ2n) is 8.38. The van der Waals surface area contributed by atoms with Crippen molar-refractivity contribution in [2.45, 2.75) is 64.2 Å². The van der Waals surface area contributed by atoms with E-state index in [0.29, 0.717) is 24.9 Å². The van der Waals surface area contributed by atoms with Crippen LogP contribution in [0.3, 0.4) is 0 Å². The summed E-state index contributed by atoms with van der Waals surface area (Å²) in [5.41, 5.74) is 5.37. The molecule has 4 nitrogen and oxygen atoms in total. The van der Waals surface area contributed by atoms with Gasteiger partial charge in [-0.3, -0.25) is 4.79 Å². The van der Waals surface area contributed by atoms with Crippen LogP contribution >= 0.6 is 0 Å². The lowest BCUT2D eigenvalue weighted by Gasteiger charge is -2.17. The van der Waals surface area contributed by atoms with Crippen molar-refractivity contribution in [1.29, 1.82) is 0 Å². The summed E-state index contributed by atoms with van der Waals surface area (Å²) >= 11 is 0. The Morgan fingerprint density at radius 3 is 2.86 bits per heavy atom. The number of hydrogen-bond acceptors (Lipinski definition) is 4. The Morgan fingerprint density at radius 1 is 1.17 bits per heavy atom. The second-order valence-corrected chi connectivity index (χ2v) is 8.38. The number of nitrogens with zero attached hydrogens (tertiary/aromatic N) is 1. The first-order valence-corrected chi connectivity index (χ1v) is 11.2. The van der Waals surface area contributed by atoms with Crippen LogP contribution in [0.25, 0.3) is 0 Å². The summed E-state index contributed by atoms with van der Waals surface area (Å²) in [6, 6.07) is 13.6. The average molecular weight is 393 g/mol. The van der Waals surface area contributed by atoms with E-state index >= 15 is 0 Å². The quantitative estimate of drug-likeness (QED) is 0.606. The number of anilines is 1. The molecule has 2 unspecified atom stereocenters. The van der Waals surface area contributed by atoms with Gasteiger partial charge in [-0.15, -0.1) is 0 Å². The van der Waals surface area contributed by atoms with Crippen molar-refractivity contribution < 1.29 is 9.53 Å². The van der Waals surface area contributed by atoms with E-state index in [-0.39, 0.29) is 5.97 Å². The van der Waals surface area contributed by atoms with Gasteiger partial charge in [-0.1, -0.05) is 30.3 Å². The molecule has 0 saturated heterocycles. The number of hydrogen-bond donors (Lipinski definition) is 1. The lowest BCUT2D eigenvalue weighted by molar-refractivity contribution is -0.143. The largest absolute Gasteiger partial charge is 0.466 e. The number of fused-ring (bicyclic) bond motifs is 1. The van der Waals surface area contributed by atoms with Crippen molar-refractivity contribution in [2.75, 3.05) is 18.5 Å². The number of esters is 1. The number of aromatic nitrogens is 1. The molecular formula is C25H32N2O2. The summed E-state index contributed by atoms with van der Waals surface area (Å²) < 4.78 is 5.03. The molecule has 1 aromatic heterocycles. The zero-order chi connectivity index (χ0) is 20.1. The molecule has 1 saturated carbocycles. The highest BCUT2D eigenvalue weighted by Crippen LogP contribution is 2.50. The molecule has 0 spiro atoms. The van der Waals surface area contributed by atoms with E-state index in [1.54, 1.807) is 0 Å². The van der Waals surface area contributed by atoms with Gasteiger partial charge in [0.15, 0.2) is 0 Å². The number of carbonyl (C=O) groups excluding carboxylic acids is 1. The number of carbonyl (C=O) groups is 1. The third kappa shape index (κ3) is 5.37. The van der Waals surface area contributed by atoms with Gasteiger partial charge in [0, 0.05) is 18.7 Å². The second kappa shape index (κ2) is 9.43. The maximum atomic E-state index is 11.5. The standard InChI is InChI=1S/C25H32N2O2/c1-2-29-24(28)15-13-21-17-23(21)19-10-8-18(9-11-19)5-3-7-22-14-12-20-6-4-16-26-25(20)27-22/h8-12,14,21,23H,2-7,13,15-17H2,1H3,(H,26,27). The Balaban J connectivity index is 1.21. The highest BCUT2D eigenvalue weighted by Gasteiger charge is 2.37. The van der Waals surface area contributed by atoms with E-state index in [1.165, 1.54) is 35.2 Å². The third-order valence-corrected chi connectivity index (χ3v) is 6.21. The fourth-order valence-corrected chi connectivity index (χ4v) is 4.42. The highest BCUT2D eigenvalue weighted by molar-refractivity contribution is 5.69. The summed E-state index contributed by atoms with van der Waals surface area (Å²) in [5, 5.41) is 3.42. The summed E-state index contributed by atoms with van der Waals surface area (Å²) in [5.74, 6) is 2.32. The normalized spacial score (nSPS) is 19.9. The molecule has 29 heavy (non-hydrogen) atoms. The Labute approximate surface area is 174 Å². The zero-order valence-corrected chi connectivity index (χ0v) is 17.5. The summed E-state index contributed by atoms with van der Waals surface area (Å²) in [4.78, 5) is 16.3. The van der Waals surface area contributed by atoms with E-state index in [9.17, 15) is 4.79 Å². The van der Waals surface area contributed by atoms with Crippen molar-refractivity contribution in [3.8, 4) is 0 Å². The van der Waals surface area contributed by atoms with Crippen LogP contribution in [0, 0.1) is 5.92 Å². The van der Waals surface area contributed by atoms with Crippen molar-refractivity contribution >= 4 is 11.8 Å². The first kappa shape index (κ1) is 19.9. The van der Waals surface area contributed by atoms with E-state index in [4.69, 9.17) is 9.72 Å². The number of ether oxygens (including phenoxy) is 1. The zero-order valence-electron chi connectivity index (χ0n) is 17.5. The van der Waals surface area contributed by atoms with Crippen LogP contribution in [0.1, 0.15) is 67.3 Å². The number of aryl methyl sites for hydroxylation is 3. The molecule has 1 aromatic carbocycles. The molecule has 2 heterocycles. The first-order chi connectivity index (χ1) is 14.2. The van der Waals surface area contributed by atoms with Gasteiger partial charge in [0.25, 0.3) is 0 Å². The van der Waals surface area contributed by atoms with Crippen molar-refractivity contribution in [2.24, 2.45) is 5.92 Å². The van der Waals surface area contributed by atoms with Crippen LogP contribution in [0.15, 0.2) is 36.4 Å². The third-order valence-electron chi connectivity index (χ3n) is 6.21. The molecule has 0 bridgehead atoms. The Morgan fingerprint density at radius 2 is 2.03 bits per heavy atom. The smallest absolute Gasteiger partial charge is 0.305 e. The first-order valence-electron chi connectivity index (χ1n) is 11.2. The van der Waals surface area contributed by atoms with Gasteiger partial charge in [-0.05, 0) is 86.5 Å². The molecule has 2 aliphatic rings. The van der Waals surface area contributed by atoms with Gasteiger partial charge in [0.2, 0.25) is 0 Å². The Kier molecular flexibility index (Phi) is 6.48. The fourth-order valence-electron chi connectivity index (χ4n) is 4.42. The minimum Gasteiger partial charge on any atom is -0.466 e. The van der Waals surface area contributed by atoms with Gasteiger partial charge in [-0.25, -0.2) is 4.98 Å². The van der Waals surface area contributed by atoms with Gasteiger partial charge in [0.05, 0.1) is 6.61 Å². The van der Waals surface area contributed by atoms with Gasteiger partial charge in [0.1, 0.15) is 5.82 Å². The van der Waals surface area contributed by atoms with Crippen molar-refractivity contribution in [1.82, 2.24) is 4.98 Å². The van der Waals surface area contributed by atoms with Crippen LogP contribution in [-0.4, -0.2) is 24.1 Å². The topological polar surface area (TPSA) is 51.2 Å². The fraction of sp³-hybridized carbons (Fsp3) is 0.520. The average Bonchev–Trinajstić information content (AvgIpc) is 3.53. The highest BCUT2D eigenvalue weighted by atomic mass is 16.5. The monoisotopic (exact) mass is 392 g/mol. The van der Waals surface area contributed by atoms with Crippen molar-refractivity contribution in [3.63, 3.8) is 0 Å². The van der Waals surface area contributed by atoms with Crippen LogP contribution in [0.4, 0.5) is 5.82 Å². The van der Waals surface area contributed by atoms with Crippen molar-refractivity contribution in [3.05, 3.63) is 58.8 Å². The minimum absolute atomic E-state index is 0.0577. The number of pyridine rings is 1. The molecule has 2 atom stereocenters. The molecule has 0 radical (unpaired) electrons. The SMILES string of the molecule is CCOC(=O)CCC1CC1c1ccc(CCCc2ccc3c(n2)NCCC3)cc1. The minimum atomic E-state index is -0.0577. The summed E-state index contributed by atoms with van der Waals surface area (Å²) in [6.45, 7) is 3.38. The summed E-state index contributed by atoms with van der Waals surface area (Å²) in [7, 11) is 0. The molecule has 0 amide bonds. The predicted molar refractivity (Wildman–Crippen MR) is 116 cm³/mol. The number of nitrogens with one attached hydrogen (secondary N) is 1. The van der Waals surface area contributed by atoms with E-state index in [2.05, 4.69) is 41.7 Å². The molecule has 4 rings (SSSR count). The molecule has 1 aliphatic carbocycles. The molecular weight excluding hydrogens is 360 g/mol. The lowest BCUT2D eigenvalue weighted by atomic mass is 10.0. The van der Waals surface area contributed by atoms with Crippen LogP contribution in [0.5, 0.6) is 0 Å². The van der Waals surface area contributed by atoms with E-state index in [0.717, 1.165) is 44.5 Å². The molecule has 1 aliphatic heterocycles. The maximum absolute atomic E-state index is 11.5. The van der Waals surface area contributed by atoms with E-state index < -0.39 is 0 Å². The van der Waals surface area contributed by atoms with Crippen LogP contribution < -0.4 is 5.32 Å².